The predicted molar refractivity (Wildman–Crippen MR) is 120 cm³/mol. The fraction of sp³-hybridized carbons (Fsp3) is 0.381. The number of carbonyl (C=O) groups excluding carboxylic acids is 1. The number of hydrogen-bond acceptors (Lipinski definition) is 7. The number of halogens is 3. The van der Waals surface area contributed by atoms with Crippen LogP contribution >= 0.6 is 0 Å². The summed E-state index contributed by atoms with van der Waals surface area (Å²) in [6, 6.07) is 4.42. The van der Waals surface area contributed by atoms with Crippen LogP contribution in [0, 0.1) is 6.92 Å². The Balaban J connectivity index is 1.96. The second kappa shape index (κ2) is 9.38. The molecule has 1 aromatic heterocycles. The number of sulfonamides is 1. The van der Waals surface area contributed by atoms with E-state index in [-0.39, 0.29) is 34.1 Å². The van der Waals surface area contributed by atoms with Crippen molar-refractivity contribution in [3.63, 3.8) is 0 Å². The molecule has 1 fully saturated rings. The number of carbonyl (C=O) groups is 1. The molecular formula is C21H24F3N5O3S. The van der Waals surface area contributed by atoms with Gasteiger partial charge in [-0.2, -0.15) is 18.2 Å². The van der Waals surface area contributed by atoms with Crippen molar-refractivity contribution in [3.05, 3.63) is 47.0 Å². The van der Waals surface area contributed by atoms with Crippen LogP contribution in [-0.4, -0.2) is 30.2 Å². The summed E-state index contributed by atoms with van der Waals surface area (Å²) in [5.74, 6) is -0.416. The third-order valence-corrected chi connectivity index (χ3v) is 6.51. The van der Waals surface area contributed by atoms with Crippen molar-refractivity contribution in [2.75, 3.05) is 15.4 Å². The number of Topliss-reactive ketones (excluding diaryl/α,β-unsaturated/α-hetero) is 1. The first-order valence-corrected chi connectivity index (χ1v) is 11.6. The monoisotopic (exact) mass is 483 g/mol. The number of benzene rings is 1. The third-order valence-electron chi connectivity index (χ3n) is 5.10. The van der Waals surface area contributed by atoms with Gasteiger partial charge in [0.05, 0.1) is 16.3 Å². The highest BCUT2D eigenvalue weighted by molar-refractivity contribution is 7.96. The maximum atomic E-state index is 13.6. The van der Waals surface area contributed by atoms with Crippen LogP contribution in [0.1, 0.15) is 43.7 Å². The Morgan fingerprint density at radius 3 is 2.45 bits per heavy atom. The van der Waals surface area contributed by atoms with Gasteiger partial charge in [0.25, 0.3) is 10.0 Å². The molecule has 1 aliphatic carbocycles. The molecule has 12 heteroatoms. The van der Waals surface area contributed by atoms with Gasteiger partial charge in [0.2, 0.25) is 5.95 Å². The molecule has 0 atom stereocenters. The second-order valence-electron chi connectivity index (χ2n) is 7.89. The quantitative estimate of drug-likeness (QED) is 0.521. The average Bonchev–Trinajstić information content (AvgIpc) is 2.71. The highest BCUT2D eigenvalue weighted by atomic mass is 32.2. The Bertz CT molecular complexity index is 1170. The summed E-state index contributed by atoms with van der Waals surface area (Å²) in [7, 11) is -3.93. The van der Waals surface area contributed by atoms with Gasteiger partial charge in [0, 0.05) is 25.1 Å². The molecule has 3 N–H and O–H groups in total. The first kappa shape index (κ1) is 24.5. The van der Waals surface area contributed by atoms with Gasteiger partial charge in [-0.3, -0.25) is 9.52 Å². The van der Waals surface area contributed by atoms with E-state index in [4.69, 9.17) is 0 Å². The molecule has 1 saturated carbocycles. The third kappa shape index (κ3) is 6.21. The Morgan fingerprint density at radius 1 is 1.18 bits per heavy atom. The van der Waals surface area contributed by atoms with Crippen LogP contribution in [0.15, 0.2) is 35.9 Å². The van der Waals surface area contributed by atoms with Crippen molar-refractivity contribution in [2.45, 2.75) is 51.7 Å². The Kier molecular flexibility index (Phi) is 6.96. The van der Waals surface area contributed by atoms with Crippen molar-refractivity contribution in [2.24, 2.45) is 0 Å². The Hall–Kier alpha value is -3.15. The zero-order valence-electron chi connectivity index (χ0n) is 18.1. The minimum Gasteiger partial charge on any atom is -0.351 e. The summed E-state index contributed by atoms with van der Waals surface area (Å²) in [5, 5.41) is 5.58. The van der Waals surface area contributed by atoms with Gasteiger partial charge in [0.15, 0.2) is 0 Å². The number of allylic oxidation sites excluding steroid dienone is 1. The number of anilines is 4. The molecule has 3 rings (SSSR count). The van der Waals surface area contributed by atoms with Gasteiger partial charge in [-0.25, -0.2) is 13.4 Å². The van der Waals surface area contributed by atoms with E-state index in [2.05, 4.69) is 31.9 Å². The van der Waals surface area contributed by atoms with Crippen molar-refractivity contribution < 1.29 is 26.4 Å². The minimum atomic E-state index is -4.75. The molecule has 0 saturated heterocycles. The number of ketones is 1. The van der Waals surface area contributed by atoms with Crippen molar-refractivity contribution in [1.29, 1.82) is 0 Å². The van der Waals surface area contributed by atoms with E-state index >= 15 is 0 Å². The minimum absolute atomic E-state index is 0.0268. The lowest BCUT2D eigenvalue weighted by Crippen LogP contribution is -2.27. The molecule has 0 spiro atoms. The largest absolute Gasteiger partial charge is 0.421 e. The summed E-state index contributed by atoms with van der Waals surface area (Å²) in [5.41, 5.74) is -0.303. The fourth-order valence-corrected chi connectivity index (χ4v) is 3.86. The van der Waals surface area contributed by atoms with E-state index in [1.165, 1.54) is 19.1 Å². The maximum Gasteiger partial charge on any atom is 0.421 e. The maximum absolute atomic E-state index is 13.6. The van der Waals surface area contributed by atoms with Crippen LogP contribution in [0.3, 0.4) is 0 Å². The first-order valence-electron chi connectivity index (χ1n) is 10.1. The molecule has 178 valence electrons. The summed E-state index contributed by atoms with van der Waals surface area (Å²) in [6.45, 7) is 6.42. The molecule has 1 aromatic carbocycles. The van der Waals surface area contributed by atoms with Gasteiger partial charge in [0.1, 0.15) is 17.2 Å². The Morgan fingerprint density at radius 2 is 1.85 bits per heavy atom. The van der Waals surface area contributed by atoms with Crippen LogP contribution in [0.2, 0.25) is 0 Å². The molecular weight excluding hydrogens is 459 g/mol. The normalized spacial score (nSPS) is 15.2. The standard InChI is InChI=1S/C21H24F3N5O3S/c1-12(2)33(31,32)29-18-10-13(3)4-9-17(18)27-19-16(21(22,23)24)11-25-20(28-19)26-14-5-7-15(30)8-6-14/h4,9-11,14,29H,1,5-8H2,2-3H3,(H2,25,26,27,28). The summed E-state index contributed by atoms with van der Waals surface area (Å²) < 4.78 is 67.7. The smallest absolute Gasteiger partial charge is 0.351 e. The summed E-state index contributed by atoms with van der Waals surface area (Å²) in [4.78, 5) is 19.1. The van der Waals surface area contributed by atoms with Gasteiger partial charge >= 0.3 is 6.18 Å². The van der Waals surface area contributed by atoms with E-state index in [9.17, 15) is 26.4 Å². The van der Waals surface area contributed by atoms with Crippen LogP contribution < -0.4 is 15.4 Å². The number of aryl methyl sites for hydroxylation is 1. The lowest BCUT2D eigenvalue weighted by Gasteiger charge is -2.23. The molecule has 33 heavy (non-hydrogen) atoms. The summed E-state index contributed by atoms with van der Waals surface area (Å²) >= 11 is 0. The van der Waals surface area contributed by atoms with Crippen molar-refractivity contribution in [1.82, 2.24) is 9.97 Å². The van der Waals surface area contributed by atoms with Crippen LogP contribution in [0.5, 0.6) is 0 Å². The molecule has 0 bridgehead atoms. The first-order chi connectivity index (χ1) is 15.3. The van der Waals surface area contributed by atoms with Crippen LogP contribution in [-0.2, 0) is 21.0 Å². The predicted octanol–water partition coefficient (Wildman–Crippen LogP) is 4.75. The van der Waals surface area contributed by atoms with Crippen LogP contribution in [0.25, 0.3) is 0 Å². The zero-order valence-corrected chi connectivity index (χ0v) is 18.9. The van der Waals surface area contributed by atoms with E-state index < -0.39 is 27.6 Å². The number of aromatic nitrogens is 2. The molecule has 0 aliphatic heterocycles. The van der Waals surface area contributed by atoms with E-state index in [0.717, 1.165) is 0 Å². The highest BCUT2D eigenvalue weighted by Crippen LogP contribution is 2.37. The Labute approximate surface area is 189 Å². The molecule has 0 radical (unpaired) electrons. The van der Waals surface area contributed by atoms with Gasteiger partial charge in [-0.15, -0.1) is 0 Å². The second-order valence-corrected chi connectivity index (χ2v) is 9.80. The number of hydrogen-bond donors (Lipinski definition) is 3. The van der Waals surface area contributed by atoms with E-state index in [1.807, 2.05) is 0 Å². The van der Waals surface area contributed by atoms with Gasteiger partial charge < -0.3 is 10.6 Å². The van der Waals surface area contributed by atoms with Gasteiger partial charge in [-0.1, -0.05) is 12.6 Å². The molecule has 0 amide bonds. The van der Waals surface area contributed by atoms with Crippen molar-refractivity contribution in [3.8, 4) is 0 Å². The lowest BCUT2D eigenvalue weighted by molar-refractivity contribution is -0.137. The van der Waals surface area contributed by atoms with Crippen molar-refractivity contribution >= 4 is 38.9 Å². The highest BCUT2D eigenvalue weighted by Gasteiger charge is 2.36. The van der Waals surface area contributed by atoms with Crippen LogP contribution in [0.4, 0.5) is 36.3 Å². The average molecular weight is 484 g/mol. The molecule has 2 aromatic rings. The topological polar surface area (TPSA) is 113 Å². The molecule has 8 nitrogen and oxygen atoms in total. The SMILES string of the molecule is C=C(C)S(=O)(=O)Nc1cc(C)ccc1Nc1nc(NC2CCC(=O)CC2)ncc1C(F)(F)F. The molecule has 0 unspecified atom stereocenters. The van der Waals surface area contributed by atoms with E-state index in [0.29, 0.717) is 37.4 Å². The molecule has 1 heterocycles. The van der Waals surface area contributed by atoms with E-state index in [1.54, 1.807) is 13.0 Å². The lowest BCUT2D eigenvalue weighted by atomic mass is 9.94. The number of nitrogens with zero attached hydrogens (tertiary/aromatic N) is 2. The summed E-state index contributed by atoms with van der Waals surface area (Å²) in [6.07, 6.45) is -2.23. The molecule has 1 aliphatic rings. The number of nitrogens with one attached hydrogen (secondary N) is 3. The number of alkyl halides is 3. The number of rotatable bonds is 7. The van der Waals surface area contributed by atoms with Gasteiger partial charge in [-0.05, 0) is 44.4 Å². The fourth-order valence-electron chi connectivity index (χ4n) is 3.23. The zero-order chi connectivity index (χ0) is 24.4.